The first-order valence-corrected chi connectivity index (χ1v) is 13.2. The lowest BCUT2D eigenvalue weighted by Crippen LogP contribution is -2.47. The molecule has 0 aliphatic carbocycles. The summed E-state index contributed by atoms with van der Waals surface area (Å²) in [6, 6.07) is 29.5. The summed E-state index contributed by atoms with van der Waals surface area (Å²) in [4.78, 5) is 38.1. The highest BCUT2D eigenvalue weighted by atomic mass is 16.6. The molecule has 4 rings (SSSR count). The fourth-order valence-electron chi connectivity index (χ4n) is 4.15. The normalized spacial score (nSPS) is 11.9. The van der Waals surface area contributed by atoms with E-state index in [2.05, 4.69) is 10.6 Å². The largest absolute Gasteiger partial charge is 0.461 e. The van der Waals surface area contributed by atoms with Crippen LogP contribution in [0.15, 0.2) is 97.1 Å². The summed E-state index contributed by atoms with van der Waals surface area (Å²) >= 11 is 0. The van der Waals surface area contributed by atoms with Crippen molar-refractivity contribution in [1.29, 1.82) is 0 Å². The minimum absolute atomic E-state index is 0.117. The van der Waals surface area contributed by atoms with Crippen molar-refractivity contribution in [3.05, 3.63) is 114 Å². The Balaban J connectivity index is 1.40. The lowest BCUT2D eigenvalue weighted by atomic mass is 10.0. The van der Waals surface area contributed by atoms with Gasteiger partial charge in [0.25, 0.3) is 0 Å². The van der Waals surface area contributed by atoms with Gasteiger partial charge in [0.05, 0.1) is 6.42 Å². The number of benzene rings is 4. The molecule has 0 fully saturated rings. The monoisotopic (exact) mass is 538 g/mol. The van der Waals surface area contributed by atoms with Crippen LogP contribution in [-0.4, -0.2) is 29.6 Å². The molecule has 0 aliphatic heterocycles. The molecule has 0 radical (unpaired) electrons. The first kappa shape index (κ1) is 28.4. The number of ether oxygens (including phenoxy) is 2. The molecule has 0 unspecified atom stereocenters. The first-order valence-electron chi connectivity index (χ1n) is 13.2. The number of alkyl carbamates (subject to hydrolysis) is 1. The molecule has 7 heteroatoms. The Hall–Kier alpha value is -4.65. The highest BCUT2D eigenvalue weighted by Crippen LogP contribution is 2.18. The topological polar surface area (TPSA) is 93.7 Å². The second-order valence-corrected chi connectivity index (χ2v) is 10.6. The van der Waals surface area contributed by atoms with E-state index in [9.17, 15) is 14.4 Å². The maximum atomic E-state index is 13.3. The van der Waals surface area contributed by atoms with E-state index in [1.54, 1.807) is 45.0 Å². The van der Waals surface area contributed by atoms with Crippen LogP contribution >= 0.6 is 0 Å². The summed E-state index contributed by atoms with van der Waals surface area (Å²) in [6.45, 7) is 5.52. The molecule has 4 aromatic rings. The molecular weight excluding hydrogens is 504 g/mol. The van der Waals surface area contributed by atoms with Crippen molar-refractivity contribution in [1.82, 2.24) is 5.32 Å². The van der Waals surface area contributed by atoms with Gasteiger partial charge in [-0.2, -0.15) is 0 Å². The number of amides is 2. The van der Waals surface area contributed by atoms with E-state index in [1.165, 1.54) is 0 Å². The summed E-state index contributed by atoms with van der Waals surface area (Å²) < 4.78 is 10.8. The Labute approximate surface area is 234 Å². The van der Waals surface area contributed by atoms with Gasteiger partial charge in [-0.05, 0) is 60.4 Å². The zero-order valence-corrected chi connectivity index (χ0v) is 23.0. The number of hydrogen-bond acceptors (Lipinski definition) is 5. The average Bonchev–Trinajstić information content (AvgIpc) is 2.92. The number of esters is 1. The van der Waals surface area contributed by atoms with Gasteiger partial charge in [-0.3, -0.25) is 9.59 Å². The molecule has 2 N–H and O–H groups in total. The minimum Gasteiger partial charge on any atom is -0.461 e. The van der Waals surface area contributed by atoms with Crippen LogP contribution in [0.3, 0.4) is 0 Å². The SMILES string of the molecule is CC(C)(C)OC(=O)N[C@@H](Cc1ccc2ccccc2c1)C(=O)Nc1ccc(CC(=O)OCc2ccccc2)cc1. The van der Waals surface area contributed by atoms with E-state index < -0.39 is 17.7 Å². The van der Waals surface area contributed by atoms with Gasteiger partial charge >= 0.3 is 12.1 Å². The molecule has 2 amide bonds. The molecule has 1 atom stereocenters. The van der Waals surface area contributed by atoms with Gasteiger partial charge in [-0.15, -0.1) is 0 Å². The quantitative estimate of drug-likeness (QED) is 0.248. The number of rotatable bonds is 9. The van der Waals surface area contributed by atoms with Gasteiger partial charge < -0.3 is 20.1 Å². The maximum absolute atomic E-state index is 13.3. The lowest BCUT2D eigenvalue weighted by Gasteiger charge is -2.23. The Bertz CT molecular complexity index is 1460. The van der Waals surface area contributed by atoms with E-state index in [4.69, 9.17) is 9.47 Å². The van der Waals surface area contributed by atoms with Gasteiger partial charge in [0.15, 0.2) is 0 Å². The molecular formula is C33H34N2O5. The standard InChI is InChI=1S/C33H34N2O5/c1-33(2,3)40-32(38)35-29(20-25-13-16-26-11-7-8-12-27(26)19-25)31(37)34-28-17-14-23(15-18-28)21-30(36)39-22-24-9-5-4-6-10-24/h4-19,29H,20-22H2,1-3H3,(H,34,37)(H,35,38)/t29-/m0/s1. The number of fused-ring (bicyclic) bond motifs is 1. The van der Waals surface area contributed by atoms with Crippen LogP contribution in [0.4, 0.5) is 10.5 Å². The van der Waals surface area contributed by atoms with Gasteiger partial charge in [0, 0.05) is 12.1 Å². The van der Waals surface area contributed by atoms with Crippen LogP contribution in [0.5, 0.6) is 0 Å². The van der Waals surface area contributed by atoms with Crippen molar-refractivity contribution in [3.8, 4) is 0 Å². The van der Waals surface area contributed by atoms with Gasteiger partial charge in [0.1, 0.15) is 18.2 Å². The number of nitrogens with one attached hydrogen (secondary N) is 2. The van der Waals surface area contributed by atoms with Gasteiger partial charge in [0.2, 0.25) is 5.91 Å². The van der Waals surface area contributed by atoms with Crippen LogP contribution in [0.2, 0.25) is 0 Å². The fourth-order valence-corrected chi connectivity index (χ4v) is 4.15. The molecule has 0 aliphatic rings. The Morgan fingerprint density at radius 1 is 0.750 bits per heavy atom. The summed E-state index contributed by atoms with van der Waals surface area (Å²) in [5.41, 5.74) is 2.43. The molecule has 206 valence electrons. The lowest BCUT2D eigenvalue weighted by molar-refractivity contribution is -0.144. The fraction of sp³-hybridized carbons (Fsp3) is 0.242. The van der Waals surface area contributed by atoms with Gasteiger partial charge in [-0.1, -0.05) is 84.9 Å². The van der Waals surface area contributed by atoms with Crippen LogP contribution in [0.1, 0.15) is 37.5 Å². The predicted octanol–water partition coefficient (Wildman–Crippen LogP) is 6.20. The van der Waals surface area contributed by atoms with Crippen molar-refractivity contribution in [2.24, 2.45) is 0 Å². The number of hydrogen-bond donors (Lipinski definition) is 2. The smallest absolute Gasteiger partial charge is 0.408 e. The predicted molar refractivity (Wildman–Crippen MR) is 156 cm³/mol. The van der Waals surface area contributed by atoms with Crippen molar-refractivity contribution in [2.75, 3.05) is 5.32 Å². The summed E-state index contributed by atoms with van der Waals surface area (Å²) in [5, 5.41) is 7.73. The molecule has 0 saturated carbocycles. The third-order valence-corrected chi connectivity index (χ3v) is 6.07. The van der Waals surface area contributed by atoms with Crippen LogP contribution in [0, 0.1) is 0 Å². The molecule has 0 saturated heterocycles. The molecule has 7 nitrogen and oxygen atoms in total. The zero-order valence-electron chi connectivity index (χ0n) is 23.0. The molecule has 0 spiro atoms. The Morgan fingerprint density at radius 3 is 2.10 bits per heavy atom. The summed E-state index contributed by atoms with van der Waals surface area (Å²) in [6.07, 6.45) is -0.273. The molecule has 0 bridgehead atoms. The number of anilines is 1. The number of carbonyl (C=O) groups is 3. The highest BCUT2D eigenvalue weighted by Gasteiger charge is 2.25. The van der Waals surface area contributed by atoms with E-state index in [0.717, 1.165) is 27.5 Å². The molecule has 4 aromatic carbocycles. The van der Waals surface area contributed by atoms with E-state index in [-0.39, 0.29) is 31.3 Å². The minimum atomic E-state index is -0.872. The zero-order chi connectivity index (χ0) is 28.5. The van der Waals surface area contributed by atoms with Crippen molar-refractivity contribution in [2.45, 2.75) is 51.9 Å². The first-order chi connectivity index (χ1) is 19.1. The second kappa shape index (κ2) is 12.9. The average molecular weight is 539 g/mol. The Morgan fingerprint density at radius 2 is 1.40 bits per heavy atom. The van der Waals surface area contributed by atoms with Gasteiger partial charge in [-0.25, -0.2) is 4.79 Å². The van der Waals surface area contributed by atoms with E-state index in [0.29, 0.717) is 5.69 Å². The van der Waals surface area contributed by atoms with Crippen LogP contribution in [-0.2, 0) is 38.5 Å². The van der Waals surface area contributed by atoms with E-state index >= 15 is 0 Å². The second-order valence-electron chi connectivity index (χ2n) is 10.6. The maximum Gasteiger partial charge on any atom is 0.408 e. The molecule has 0 aromatic heterocycles. The third kappa shape index (κ3) is 8.70. The third-order valence-electron chi connectivity index (χ3n) is 6.07. The molecule has 0 heterocycles. The van der Waals surface area contributed by atoms with Crippen LogP contribution < -0.4 is 10.6 Å². The summed E-state index contributed by atoms with van der Waals surface area (Å²) in [7, 11) is 0. The number of carbonyl (C=O) groups excluding carboxylic acids is 3. The summed E-state index contributed by atoms with van der Waals surface area (Å²) in [5.74, 6) is -0.716. The molecule has 40 heavy (non-hydrogen) atoms. The van der Waals surface area contributed by atoms with Crippen molar-refractivity contribution < 1.29 is 23.9 Å². The van der Waals surface area contributed by atoms with Crippen molar-refractivity contribution in [3.63, 3.8) is 0 Å². The highest BCUT2D eigenvalue weighted by molar-refractivity contribution is 5.97. The van der Waals surface area contributed by atoms with Crippen molar-refractivity contribution >= 4 is 34.4 Å². The van der Waals surface area contributed by atoms with E-state index in [1.807, 2.05) is 72.8 Å². The van der Waals surface area contributed by atoms with Crippen LogP contribution in [0.25, 0.3) is 10.8 Å². The Kier molecular flexibility index (Phi) is 9.17.